The van der Waals surface area contributed by atoms with Gasteiger partial charge in [0.15, 0.2) is 0 Å². The molecule has 0 atom stereocenters. The summed E-state index contributed by atoms with van der Waals surface area (Å²) in [5.74, 6) is 0.229. The van der Waals surface area contributed by atoms with Crippen molar-refractivity contribution in [1.29, 1.82) is 0 Å². The Kier molecular flexibility index (Phi) is 6.29. The number of carbonyl (C=O) groups is 1. The van der Waals surface area contributed by atoms with Crippen LogP contribution >= 0.6 is 0 Å². The predicted octanol–water partition coefficient (Wildman–Crippen LogP) is 3.17. The number of hydrogen-bond donors (Lipinski definition) is 0. The molecule has 138 valence electrons. The minimum atomic E-state index is 0.229. The van der Waals surface area contributed by atoms with Crippen LogP contribution in [0.25, 0.3) is 0 Å². The lowest BCUT2D eigenvalue weighted by Crippen LogP contribution is -2.51. The van der Waals surface area contributed by atoms with Crippen LogP contribution in [0.2, 0.25) is 0 Å². The molecular weight excluding hydrogens is 322 g/mol. The standard InChI is InChI=1S/C22H29N3O/c1-3-24(21-11-7-8-19(2)16-21)18-22(26)25-14-12-23(13-15-25)17-20-9-5-4-6-10-20/h4-11,16H,3,12-15,17-18H2,1-2H3. The molecule has 4 heteroatoms. The Labute approximate surface area is 157 Å². The second-order valence-electron chi connectivity index (χ2n) is 7.00. The molecule has 4 nitrogen and oxygen atoms in total. The fourth-order valence-corrected chi connectivity index (χ4v) is 3.47. The van der Waals surface area contributed by atoms with E-state index < -0.39 is 0 Å². The van der Waals surface area contributed by atoms with Crippen LogP contribution in [0.1, 0.15) is 18.1 Å². The minimum absolute atomic E-state index is 0.229. The van der Waals surface area contributed by atoms with Gasteiger partial charge in [-0.1, -0.05) is 42.5 Å². The van der Waals surface area contributed by atoms with E-state index in [4.69, 9.17) is 0 Å². The summed E-state index contributed by atoms with van der Waals surface area (Å²) in [6, 6.07) is 18.9. The van der Waals surface area contributed by atoms with E-state index >= 15 is 0 Å². The predicted molar refractivity (Wildman–Crippen MR) is 107 cm³/mol. The van der Waals surface area contributed by atoms with Gasteiger partial charge in [0.2, 0.25) is 5.91 Å². The average molecular weight is 351 g/mol. The molecule has 1 aliphatic rings. The van der Waals surface area contributed by atoms with Crippen LogP contribution in [0.4, 0.5) is 5.69 Å². The zero-order valence-electron chi connectivity index (χ0n) is 15.9. The van der Waals surface area contributed by atoms with Gasteiger partial charge < -0.3 is 9.80 Å². The summed E-state index contributed by atoms with van der Waals surface area (Å²) < 4.78 is 0. The number of likely N-dealkylation sites (N-methyl/N-ethyl adjacent to an activating group) is 1. The Morgan fingerprint density at radius 2 is 1.73 bits per heavy atom. The molecule has 0 aliphatic carbocycles. The third-order valence-corrected chi connectivity index (χ3v) is 5.05. The summed E-state index contributed by atoms with van der Waals surface area (Å²) in [4.78, 5) is 19.4. The summed E-state index contributed by atoms with van der Waals surface area (Å²) in [6.07, 6.45) is 0. The van der Waals surface area contributed by atoms with Crippen molar-refractivity contribution in [3.05, 3.63) is 65.7 Å². The van der Waals surface area contributed by atoms with E-state index in [0.717, 1.165) is 45.0 Å². The average Bonchev–Trinajstić information content (AvgIpc) is 2.67. The van der Waals surface area contributed by atoms with Gasteiger partial charge in [0.25, 0.3) is 0 Å². The number of aryl methyl sites for hydroxylation is 1. The van der Waals surface area contributed by atoms with Crippen LogP contribution in [0.3, 0.4) is 0 Å². The van der Waals surface area contributed by atoms with Gasteiger partial charge in [-0.2, -0.15) is 0 Å². The van der Waals surface area contributed by atoms with Crippen LogP contribution in [0.15, 0.2) is 54.6 Å². The lowest BCUT2D eigenvalue weighted by molar-refractivity contribution is -0.131. The van der Waals surface area contributed by atoms with Crippen molar-refractivity contribution in [3.8, 4) is 0 Å². The summed E-state index contributed by atoms with van der Waals surface area (Å²) >= 11 is 0. The van der Waals surface area contributed by atoms with Gasteiger partial charge in [-0.15, -0.1) is 0 Å². The number of carbonyl (C=O) groups excluding carboxylic acids is 1. The van der Waals surface area contributed by atoms with E-state index in [0.29, 0.717) is 6.54 Å². The molecule has 26 heavy (non-hydrogen) atoms. The van der Waals surface area contributed by atoms with E-state index in [-0.39, 0.29) is 5.91 Å². The molecule has 2 aromatic rings. The van der Waals surface area contributed by atoms with Crippen molar-refractivity contribution in [2.75, 3.05) is 44.2 Å². The molecule has 1 saturated heterocycles. The second kappa shape index (κ2) is 8.86. The van der Waals surface area contributed by atoms with Crippen molar-refractivity contribution < 1.29 is 4.79 Å². The van der Waals surface area contributed by atoms with Crippen molar-refractivity contribution in [1.82, 2.24) is 9.80 Å². The fourth-order valence-electron chi connectivity index (χ4n) is 3.47. The van der Waals surface area contributed by atoms with Crippen LogP contribution < -0.4 is 4.90 Å². The van der Waals surface area contributed by atoms with Gasteiger partial charge in [0, 0.05) is 45.0 Å². The smallest absolute Gasteiger partial charge is 0.242 e. The summed E-state index contributed by atoms with van der Waals surface area (Å²) in [7, 11) is 0. The van der Waals surface area contributed by atoms with E-state index in [1.165, 1.54) is 11.1 Å². The maximum atomic E-state index is 12.8. The topological polar surface area (TPSA) is 26.8 Å². The van der Waals surface area contributed by atoms with E-state index in [1.807, 2.05) is 11.0 Å². The maximum Gasteiger partial charge on any atom is 0.242 e. The first kappa shape index (κ1) is 18.5. The third kappa shape index (κ3) is 4.85. The van der Waals surface area contributed by atoms with Crippen molar-refractivity contribution in [2.24, 2.45) is 0 Å². The Balaban J connectivity index is 1.51. The molecule has 0 radical (unpaired) electrons. The lowest BCUT2D eigenvalue weighted by Gasteiger charge is -2.36. The molecule has 1 fully saturated rings. The highest BCUT2D eigenvalue weighted by atomic mass is 16.2. The quantitative estimate of drug-likeness (QED) is 0.800. The molecule has 2 aromatic carbocycles. The van der Waals surface area contributed by atoms with Gasteiger partial charge >= 0.3 is 0 Å². The lowest BCUT2D eigenvalue weighted by atomic mass is 10.2. The largest absolute Gasteiger partial charge is 0.362 e. The zero-order valence-corrected chi connectivity index (χ0v) is 15.9. The van der Waals surface area contributed by atoms with Crippen molar-refractivity contribution in [2.45, 2.75) is 20.4 Å². The SMILES string of the molecule is CCN(CC(=O)N1CCN(Cc2ccccc2)CC1)c1cccc(C)c1. The molecular formula is C22H29N3O. The number of anilines is 1. The van der Waals surface area contributed by atoms with E-state index in [1.54, 1.807) is 0 Å². The highest BCUT2D eigenvalue weighted by molar-refractivity contribution is 5.81. The van der Waals surface area contributed by atoms with Crippen LogP contribution in [-0.4, -0.2) is 55.0 Å². The normalized spacial score (nSPS) is 15.1. The van der Waals surface area contributed by atoms with Gasteiger partial charge in [0.1, 0.15) is 0 Å². The highest BCUT2D eigenvalue weighted by Crippen LogP contribution is 2.16. The number of benzene rings is 2. The van der Waals surface area contributed by atoms with Gasteiger partial charge in [-0.05, 0) is 37.1 Å². The first-order valence-corrected chi connectivity index (χ1v) is 9.51. The number of amides is 1. The molecule has 0 saturated carbocycles. The molecule has 0 aromatic heterocycles. The Morgan fingerprint density at radius 1 is 1.00 bits per heavy atom. The second-order valence-corrected chi connectivity index (χ2v) is 7.00. The molecule has 0 spiro atoms. The van der Waals surface area contributed by atoms with Crippen LogP contribution in [0.5, 0.6) is 0 Å². The van der Waals surface area contributed by atoms with E-state index in [2.05, 4.69) is 72.2 Å². The minimum Gasteiger partial charge on any atom is -0.362 e. The summed E-state index contributed by atoms with van der Waals surface area (Å²) in [5, 5.41) is 0. The zero-order chi connectivity index (χ0) is 18.4. The maximum absolute atomic E-state index is 12.8. The monoisotopic (exact) mass is 351 g/mol. The molecule has 0 bridgehead atoms. The Morgan fingerprint density at radius 3 is 2.38 bits per heavy atom. The van der Waals surface area contributed by atoms with E-state index in [9.17, 15) is 4.79 Å². The summed E-state index contributed by atoms with van der Waals surface area (Å²) in [5.41, 5.74) is 3.69. The Bertz CT molecular complexity index is 708. The Hall–Kier alpha value is -2.33. The van der Waals surface area contributed by atoms with Crippen LogP contribution in [-0.2, 0) is 11.3 Å². The molecule has 3 rings (SSSR count). The van der Waals surface area contributed by atoms with Gasteiger partial charge in [-0.3, -0.25) is 9.69 Å². The first-order valence-electron chi connectivity index (χ1n) is 9.51. The number of hydrogen-bond acceptors (Lipinski definition) is 3. The van der Waals surface area contributed by atoms with Crippen LogP contribution in [0, 0.1) is 6.92 Å². The molecule has 0 N–H and O–H groups in total. The van der Waals surface area contributed by atoms with Gasteiger partial charge in [-0.25, -0.2) is 0 Å². The number of nitrogens with zero attached hydrogens (tertiary/aromatic N) is 3. The third-order valence-electron chi connectivity index (χ3n) is 5.05. The first-order chi connectivity index (χ1) is 12.7. The fraction of sp³-hybridized carbons (Fsp3) is 0.409. The summed E-state index contributed by atoms with van der Waals surface area (Å²) in [6.45, 7) is 9.97. The number of piperazine rings is 1. The molecule has 0 unspecified atom stereocenters. The number of rotatable bonds is 6. The molecule has 1 amide bonds. The molecule has 1 heterocycles. The van der Waals surface area contributed by atoms with Gasteiger partial charge in [0.05, 0.1) is 6.54 Å². The van der Waals surface area contributed by atoms with Crippen molar-refractivity contribution in [3.63, 3.8) is 0 Å². The highest BCUT2D eigenvalue weighted by Gasteiger charge is 2.22. The van der Waals surface area contributed by atoms with Crippen molar-refractivity contribution >= 4 is 11.6 Å². The molecule has 1 aliphatic heterocycles.